The number of aliphatic hydroxyl groups is 1. The summed E-state index contributed by atoms with van der Waals surface area (Å²) >= 11 is 0. The molecular weight excluding hydrogens is 94.0 g/mol. The van der Waals surface area contributed by atoms with E-state index in [2.05, 4.69) is 10.1 Å². The first-order valence-corrected chi connectivity index (χ1v) is 2.17. The van der Waals surface area contributed by atoms with Gasteiger partial charge in [-0.25, -0.2) is 0 Å². The molecule has 44 valence electrons. The molecule has 1 atom stereocenters. The molecule has 7 heavy (non-hydrogen) atoms. The van der Waals surface area contributed by atoms with Crippen LogP contribution in [-0.2, 0) is 4.74 Å². The average Bonchev–Trinajstić information content (AvgIpc) is 1.61. The van der Waals surface area contributed by atoms with Crippen molar-refractivity contribution in [2.45, 2.75) is 13.2 Å². The maximum absolute atomic E-state index is 8.49. The Morgan fingerprint density at radius 3 is 2.57 bits per heavy atom. The smallest absolute Gasteiger partial charge is 0.103 e. The number of ether oxygens (including phenoxy) is 1. The summed E-state index contributed by atoms with van der Waals surface area (Å²) in [5.41, 5.74) is 0. The number of hydrogen-bond acceptors (Lipinski definition) is 3. The van der Waals surface area contributed by atoms with E-state index in [0.717, 1.165) is 0 Å². The molecule has 0 aromatic rings. The quantitative estimate of drug-likeness (QED) is 0.476. The standard InChI is InChI=1S/C4H11NO2/c1-4(6)5-3-7-2/h4-6H,3H2,1-2H3. The van der Waals surface area contributed by atoms with E-state index in [1.54, 1.807) is 14.0 Å². The zero-order valence-electron chi connectivity index (χ0n) is 4.64. The van der Waals surface area contributed by atoms with Gasteiger partial charge in [-0.2, -0.15) is 0 Å². The first-order chi connectivity index (χ1) is 3.27. The first kappa shape index (κ1) is 6.88. The van der Waals surface area contributed by atoms with Crippen molar-refractivity contribution in [1.29, 1.82) is 0 Å². The molecule has 0 saturated heterocycles. The largest absolute Gasteiger partial charge is 0.379 e. The van der Waals surface area contributed by atoms with Crippen LogP contribution in [-0.4, -0.2) is 25.2 Å². The van der Waals surface area contributed by atoms with Crippen LogP contribution >= 0.6 is 0 Å². The van der Waals surface area contributed by atoms with E-state index in [9.17, 15) is 0 Å². The Labute approximate surface area is 43.3 Å². The van der Waals surface area contributed by atoms with Gasteiger partial charge in [-0.3, -0.25) is 5.32 Å². The van der Waals surface area contributed by atoms with E-state index in [-0.39, 0.29) is 0 Å². The third-order valence-electron chi connectivity index (χ3n) is 0.523. The van der Waals surface area contributed by atoms with E-state index in [1.807, 2.05) is 0 Å². The summed E-state index contributed by atoms with van der Waals surface area (Å²) in [7, 11) is 1.56. The molecule has 0 bridgehead atoms. The minimum absolute atomic E-state index is 0.400. The van der Waals surface area contributed by atoms with Gasteiger partial charge in [-0.1, -0.05) is 0 Å². The summed E-state index contributed by atoms with van der Waals surface area (Å²) in [4.78, 5) is 0. The van der Waals surface area contributed by atoms with Crippen LogP contribution in [0.5, 0.6) is 0 Å². The lowest BCUT2D eigenvalue weighted by Crippen LogP contribution is -2.26. The molecule has 0 radical (unpaired) electrons. The highest BCUT2D eigenvalue weighted by Gasteiger charge is 1.87. The molecule has 0 aromatic carbocycles. The highest BCUT2D eigenvalue weighted by Crippen LogP contribution is 1.67. The van der Waals surface area contributed by atoms with Gasteiger partial charge in [-0.15, -0.1) is 0 Å². The van der Waals surface area contributed by atoms with Crippen molar-refractivity contribution in [3.05, 3.63) is 0 Å². The van der Waals surface area contributed by atoms with E-state index in [0.29, 0.717) is 6.73 Å². The van der Waals surface area contributed by atoms with Crippen molar-refractivity contribution >= 4 is 0 Å². The Kier molecular flexibility index (Phi) is 3.98. The third-order valence-corrected chi connectivity index (χ3v) is 0.523. The molecule has 0 aliphatic rings. The molecular formula is C4H11NO2. The Morgan fingerprint density at radius 2 is 2.43 bits per heavy atom. The highest BCUT2D eigenvalue weighted by molar-refractivity contribution is 4.33. The van der Waals surface area contributed by atoms with Crippen molar-refractivity contribution < 1.29 is 9.84 Å². The summed E-state index contributed by atoms with van der Waals surface area (Å²) in [5.74, 6) is 0. The predicted molar refractivity (Wildman–Crippen MR) is 26.7 cm³/mol. The maximum Gasteiger partial charge on any atom is 0.103 e. The van der Waals surface area contributed by atoms with Gasteiger partial charge >= 0.3 is 0 Å². The Bertz CT molecular complexity index is 38.7. The summed E-state index contributed by atoms with van der Waals surface area (Å²) < 4.78 is 4.58. The Hall–Kier alpha value is -0.120. The van der Waals surface area contributed by atoms with Crippen molar-refractivity contribution in [3.63, 3.8) is 0 Å². The second-order valence-electron chi connectivity index (χ2n) is 1.31. The van der Waals surface area contributed by atoms with Gasteiger partial charge in [0.2, 0.25) is 0 Å². The zero-order chi connectivity index (χ0) is 5.70. The van der Waals surface area contributed by atoms with Crippen LogP contribution in [0.25, 0.3) is 0 Å². The fraction of sp³-hybridized carbons (Fsp3) is 1.00. The molecule has 0 spiro atoms. The van der Waals surface area contributed by atoms with Crippen molar-refractivity contribution in [1.82, 2.24) is 5.32 Å². The Balaban J connectivity index is 2.68. The lowest BCUT2D eigenvalue weighted by molar-refractivity contribution is 0.0877. The van der Waals surface area contributed by atoms with E-state index in [1.165, 1.54) is 0 Å². The maximum atomic E-state index is 8.49. The lowest BCUT2D eigenvalue weighted by atomic mass is 10.7. The molecule has 1 unspecified atom stereocenters. The fourth-order valence-electron chi connectivity index (χ4n) is 0.204. The number of nitrogens with one attached hydrogen (secondary N) is 1. The molecule has 0 aromatic heterocycles. The van der Waals surface area contributed by atoms with E-state index >= 15 is 0 Å². The van der Waals surface area contributed by atoms with Gasteiger partial charge < -0.3 is 9.84 Å². The minimum atomic E-state index is -0.472. The molecule has 2 N–H and O–H groups in total. The molecule has 0 fully saturated rings. The third kappa shape index (κ3) is 5.88. The molecule has 0 amide bonds. The summed E-state index contributed by atoms with van der Waals surface area (Å²) in [6.45, 7) is 2.04. The van der Waals surface area contributed by atoms with Gasteiger partial charge in [0.1, 0.15) is 6.23 Å². The second kappa shape index (κ2) is 4.05. The number of hydrogen-bond donors (Lipinski definition) is 2. The summed E-state index contributed by atoms with van der Waals surface area (Å²) in [5, 5.41) is 11.1. The molecule has 0 heterocycles. The molecule has 3 nitrogen and oxygen atoms in total. The minimum Gasteiger partial charge on any atom is -0.379 e. The van der Waals surface area contributed by atoms with Crippen molar-refractivity contribution in [3.8, 4) is 0 Å². The van der Waals surface area contributed by atoms with Gasteiger partial charge in [0.25, 0.3) is 0 Å². The summed E-state index contributed by atoms with van der Waals surface area (Å²) in [6, 6.07) is 0. The van der Waals surface area contributed by atoms with Gasteiger partial charge in [-0.05, 0) is 6.92 Å². The van der Waals surface area contributed by atoms with E-state index < -0.39 is 6.23 Å². The molecule has 0 saturated carbocycles. The molecule has 0 aliphatic heterocycles. The highest BCUT2D eigenvalue weighted by atomic mass is 16.5. The van der Waals surface area contributed by atoms with Gasteiger partial charge in [0, 0.05) is 7.11 Å². The Morgan fingerprint density at radius 1 is 1.86 bits per heavy atom. The number of rotatable bonds is 3. The lowest BCUT2D eigenvalue weighted by Gasteiger charge is -2.03. The SMILES string of the molecule is COCNC(C)O. The second-order valence-corrected chi connectivity index (χ2v) is 1.31. The monoisotopic (exact) mass is 105 g/mol. The average molecular weight is 105 g/mol. The van der Waals surface area contributed by atoms with Crippen molar-refractivity contribution in [2.75, 3.05) is 13.8 Å². The van der Waals surface area contributed by atoms with Gasteiger partial charge in [0.15, 0.2) is 0 Å². The van der Waals surface area contributed by atoms with Crippen LogP contribution in [0.3, 0.4) is 0 Å². The molecule has 3 heteroatoms. The van der Waals surface area contributed by atoms with Crippen molar-refractivity contribution in [2.24, 2.45) is 0 Å². The van der Waals surface area contributed by atoms with Crippen LogP contribution in [0.15, 0.2) is 0 Å². The summed E-state index contributed by atoms with van der Waals surface area (Å²) in [6.07, 6.45) is -0.472. The zero-order valence-corrected chi connectivity index (χ0v) is 4.64. The number of aliphatic hydroxyl groups excluding tert-OH is 1. The topological polar surface area (TPSA) is 41.5 Å². The van der Waals surface area contributed by atoms with Crippen LogP contribution in [0.2, 0.25) is 0 Å². The normalized spacial score (nSPS) is 14.1. The predicted octanol–water partition coefficient (Wildman–Crippen LogP) is -0.482. The number of methoxy groups -OCH3 is 1. The van der Waals surface area contributed by atoms with Crippen LogP contribution in [0.4, 0.5) is 0 Å². The van der Waals surface area contributed by atoms with Crippen LogP contribution in [0, 0.1) is 0 Å². The first-order valence-electron chi connectivity index (χ1n) is 2.17. The van der Waals surface area contributed by atoms with Gasteiger partial charge in [0.05, 0.1) is 6.73 Å². The van der Waals surface area contributed by atoms with Crippen LogP contribution in [0.1, 0.15) is 6.92 Å². The van der Waals surface area contributed by atoms with Crippen LogP contribution < -0.4 is 5.32 Å². The van der Waals surface area contributed by atoms with E-state index in [4.69, 9.17) is 5.11 Å². The molecule has 0 rings (SSSR count). The fourth-order valence-corrected chi connectivity index (χ4v) is 0.204. The molecule has 0 aliphatic carbocycles.